The molecule has 3 aromatic carbocycles. The number of amides is 2. The van der Waals surface area contributed by atoms with Gasteiger partial charge in [-0.1, -0.05) is 12.1 Å². The Morgan fingerprint density at radius 2 is 1.52 bits per heavy atom. The highest BCUT2D eigenvalue weighted by molar-refractivity contribution is 8.01. The molecule has 2 atom stereocenters. The minimum atomic E-state index is -1.30. The molecule has 1 aliphatic heterocycles. The summed E-state index contributed by atoms with van der Waals surface area (Å²) in [5, 5.41) is 5.91. The number of anilines is 1. The van der Waals surface area contributed by atoms with E-state index < -0.39 is 22.7 Å². The number of nitrogens with one attached hydrogen (secondary N) is 2. The maximum atomic E-state index is 14.3. The number of benzene rings is 3. The standard InChI is InChI=1S/C30H32N2O7S/c1-18(2)39-22-12-15-25(24(16-22)28(34)38-5)31-29(35)30(40-23-13-10-21(37-4)11-14-23)17-26(33)32-27(30)19-6-8-20(36-3)9-7-19/h6-16,18,27H,17H2,1-5H3,(H,31,35)(H,32,33)/t27-,30-/m1/s1. The number of hydrogen-bond acceptors (Lipinski definition) is 8. The molecule has 10 heteroatoms. The Morgan fingerprint density at radius 3 is 2.10 bits per heavy atom. The summed E-state index contributed by atoms with van der Waals surface area (Å²) in [6.45, 7) is 3.74. The fourth-order valence-electron chi connectivity index (χ4n) is 4.51. The molecule has 9 nitrogen and oxygen atoms in total. The Bertz CT molecular complexity index is 1380. The number of esters is 1. The zero-order chi connectivity index (χ0) is 28.9. The first-order valence-electron chi connectivity index (χ1n) is 12.7. The molecule has 0 radical (unpaired) electrons. The highest BCUT2D eigenvalue weighted by atomic mass is 32.2. The Labute approximate surface area is 237 Å². The van der Waals surface area contributed by atoms with Crippen LogP contribution in [0.3, 0.4) is 0 Å². The molecule has 1 saturated heterocycles. The van der Waals surface area contributed by atoms with Crippen LogP contribution in [0.25, 0.3) is 0 Å². The van der Waals surface area contributed by atoms with Crippen LogP contribution in [0.5, 0.6) is 17.2 Å². The summed E-state index contributed by atoms with van der Waals surface area (Å²) in [7, 11) is 4.41. The van der Waals surface area contributed by atoms with E-state index in [1.165, 1.54) is 24.9 Å². The highest BCUT2D eigenvalue weighted by Crippen LogP contribution is 2.49. The summed E-state index contributed by atoms with van der Waals surface area (Å²) in [6.07, 6.45) is -0.204. The van der Waals surface area contributed by atoms with Gasteiger partial charge in [-0.05, 0) is 74.0 Å². The molecule has 1 heterocycles. The first-order valence-corrected chi connectivity index (χ1v) is 13.5. The molecule has 40 heavy (non-hydrogen) atoms. The maximum absolute atomic E-state index is 14.3. The Morgan fingerprint density at radius 1 is 0.925 bits per heavy atom. The minimum absolute atomic E-state index is 0.0890. The lowest BCUT2D eigenvalue weighted by Crippen LogP contribution is -2.44. The summed E-state index contributed by atoms with van der Waals surface area (Å²) in [5.74, 6) is 0.429. The molecule has 0 bridgehead atoms. The highest BCUT2D eigenvalue weighted by Gasteiger charge is 2.54. The van der Waals surface area contributed by atoms with Crippen LogP contribution in [0.15, 0.2) is 71.6 Å². The van der Waals surface area contributed by atoms with E-state index in [4.69, 9.17) is 18.9 Å². The number of rotatable bonds is 10. The quantitative estimate of drug-likeness (QED) is 0.331. The van der Waals surface area contributed by atoms with Crippen LogP contribution in [-0.2, 0) is 14.3 Å². The molecule has 1 fully saturated rings. The normalized spacial score (nSPS) is 18.1. The molecular formula is C30H32N2O7S. The number of ether oxygens (including phenoxy) is 4. The van der Waals surface area contributed by atoms with Crippen LogP contribution in [0, 0.1) is 0 Å². The second kappa shape index (κ2) is 12.3. The molecule has 0 aromatic heterocycles. The monoisotopic (exact) mass is 564 g/mol. The number of hydrogen-bond donors (Lipinski definition) is 2. The van der Waals surface area contributed by atoms with Crippen LogP contribution in [0.2, 0.25) is 0 Å². The van der Waals surface area contributed by atoms with Gasteiger partial charge in [0.1, 0.15) is 22.0 Å². The first-order chi connectivity index (χ1) is 19.2. The van der Waals surface area contributed by atoms with Gasteiger partial charge in [0, 0.05) is 4.90 Å². The average Bonchev–Trinajstić information content (AvgIpc) is 3.30. The summed E-state index contributed by atoms with van der Waals surface area (Å²) in [5.41, 5.74) is 1.11. The van der Waals surface area contributed by atoms with Crippen molar-refractivity contribution in [1.29, 1.82) is 0 Å². The van der Waals surface area contributed by atoms with Gasteiger partial charge in [-0.3, -0.25) is 9.59 Å². The molecule has 0 spiro atoms. The molecule has 4 rings (SSSR count). The fraction of sp³-hybridized carbons (Fsp3) is 0.300. The van der Waals surface area contributed by atoms with Crippen LogP contribution in [0.4, 0.5) is 5.69 Å². The van der Waals surface area contributed by atoms with Gasteiger partial charge in [-0.25, -0.2) is 4.79 Å². The van der Waals surface area contributed by atoms with E-state index in [-0.39, 0.29) is 29.7 Å². The molecule has 210 valence electrons. The van der Waals surface area contributed by atoms with Gasteiger partial charge in [0.05, 0.1) is 51.1 Å². The second-order valence-electron chi connectivity index (χ2n) is 9.44. The summed E-state index contributed by atoms with van der Waals surface area (Å²) in [6, 6.07) is 18.6. The zero-order valence-electron chi connectivity index (χ0n) is 23.0. The molecule has 0 aliphatic carbocycles. The zero-order valence-corrected chi connectivity index (χ0v) is 23.8. The third kappa shape index (κ3) is 6.17. The van der Waals surface area contributed by atoms with E-state index in [0.29, 0.717) is 17.2 Å². The van der Waals surface area contributed by atoms with E-state index in [0.717, 1.165) is 10.5 Å². The van der Waals surface area contributed by atoms with Crippen molar-refractivity contribution in [3.63, 3.8) is 0 Å². The van der Waals surface area contributed by atoms with Crippen LogP contribution in [-0.4, -0.2) is 50.0 Å². The third-order valence-electron chi connectivity index (χ3n) is 6.40. The lowest BCUT2D eigenvalue weighted by atomic mass is 9.91. The van der Waals surface area contributed by atoms with Crippen LogP contribution < -0.4 is 24.8 Å². The van der Waals surface area contributed by atoms with E-state index >= 15 is 0 Å². The molecule has 2 amide bonds. The number of carbonyl (C=O) groups excluding carboxylic acids is 3. The van der Waals surface area contributed by atoms with Gasteiger partial charge < -0.3 is 29.6 Å². The van der Waals surface area contributed by atoms with Crippen molar-refractivity contribution in [2.45, 2.75) is 42.1 Å². The van der Waals surface area contributed by atoms with Gasteiger partial charge in [-0.15, -0.1) is 11.8 Å². The average molecular weight is 565 g/mol. The van der Waals surface area contributed by atoms with E-state index in [1.807, 2.05) is 38.1 Å². The predicted molar refractivity (Wildman–Crippen MR) is 152 cm³/mol. The minimum Gasteiger partial charge on any atom is -0.497 e. The lowest BCUT2D eigenvalue weighted by Gasteiger charge is -2.33. The van der Waals surface area contributed by atoms with Gasteiger partial charge >= 0.3 is 5.97 Å². The van der Waals surface area contributed by atoms with Crippen molar-refractivity contribution in [3.8, 4) is 17.2 Å². The molecule has 1 aliphatic rings. The van der Waals surface area contributed by atoms with E-state index in [9.17, 15) is 14.4 Å². The lowest BCUT2D eigenvalue weighted by molar-refractivity contribution is -0.122. The number of methoxy groups -OCH3 is 3. The molecular weight excluding hydrogens is 532 g/mol. The SMILES string of the molecule is COC(=O)c1cc(OC(C)C)ccc1NC(=O)[C@@]1(Sc2ccc(OC)cc2)CC(=O)N[C@@H]1c1ccc(OC)cc1. The Balaban J connectivity index is 1.77. The first kappa shape index (κ1) is 28.8. The fourth-order valence-corrected chi connectivity index (χ4v) is 5.86. The van der Waals surface area contributed by atoms with Crippen molar-refractivity contribution in [2.24, 2.45) is 0 Å². The van der Waals surface area contributed by atoms with E-state index in [2.05, 4.69) is 10.6 Å². The van der Waals surface area contributed by atoms with E-state index in [1.54, 1.807) is 50.6 Å². The van der Waals surface area contributed by atoms with Crippen LogP contribution >= 0.6 is 11.8 Å². The maximum Gasteiger partial charge on any atom is 0.340 e. The topological polar surface area (TPSA) is 112 Å². The van der Waals surface area contributed by atoms with Crippen molar-refractivity contribution in [1.82, 2.24) is 5.32 Å². The largest absolute Gasteiger partial charge is 0.497 e. The molecule has 2 N–H and O–H groups in total. The smallest absolute Gasteiger partial charge is 0.340 e. The number of carbonyl (C=O) groups is 3. The Kier molecular flexibility index (Phi) is 8.89. The molecule has 3 aromatic rings. The summed E-state index contributed by atoms with van der Waals surface area (Å²) < 4.78 is 20.0. The molecule has 0 unspecified atom stereocenters. The summed E-state index contributed by atoms with van der Waals surface area (Å²) >= 11 is 1.27. The second-order valence-corrected chi connectivity index (χ2v) is 10.8. The summed E-state index contributed by atoms with van der Waals surface area (Å²) in [4.78, 5) is 40.7. The van der Waals surface area contributed by atoms with Crippen molar-refractivity contribution >= 4 is 35.2 Å². The number of thioether (sulfide) groups is 1. The van der Waals surface area contributed by atoms with Crippen LogP contribution in [0.1, 0.15) is 42.2 Å². The van der Waals surface area contributed by atoms with Crippen molar-refractivity contribution < 1.29 is 33.3 Å². The predicted octanol–water partition coefficient (Wildman–Crippen LogP) is 5.01. The van der Waals surface area contributed by atoms with Gasteiger partial charge in [0.25, 0.3) is 0 Å². The van der Waals surface area contributed by atoms with Gasteiger partial charge in [0.15, 0.2) is 0 Å². The van der Waals surface area contributed by atoms with Gasteiger partial charge in [0.2, 0.25) is 11.8 Å². The van der Waals surface area contributed by atoms with Crippen molar-refractivity contribution in [2.75, 3.05) is 26.6 Å². The van der Waals surface area contributed by atoms with Crippen molar-refractivity contribution in [3.05, 3.63) is 77.9 Å². The Hall–Kier alpha value is -4.18. The molecule has 0 saturated carbocycles. The third-order valence-corrected chi connectivity index (χ3v) is 7.84. The van der Waals surface area contributed by atoms with Gasteiger partial charge in [-0.2, -0.15) is 0 Å².